The lowest BCUT2D eigenvalue weighted by Crippen LogP contribution is -2.38. The van der Waals surface area contributed by atoms with Crippen LogP contribution in [0.4, 0.5) is 4.39 Å². The molecule has 27 heavy (non-hydrogen) atoms. The Morgan fingerprint density at radius 2 is 1.96 bits per heavy atom. The Morgan fingerprint density at radius 1 is 1.19 bits per heavy atom. The van der Waals surface area contributed by atoms with Gasteiger partial charge in [0.1, 0.15) is 5.82 Å². The Hall–Kier alpha value is -2.03. The van der Waals surface area contributed by atoms with Crippen LogP contribution in [0.25, 0.3) is 0 Å². The number of hydrogen-bond acceptors (Lipinski definition) is 3. The van der Waals surface area contributed by atoms with Crippen molar-refractivity contribution < 1.29 is 14.2 Å². The number of nitrogens with zero attached hydrogens (tertiary/aromatic N) is 1. The van der Waals surface area contributed by atoms with E-state index in [4.69, 9.17) is 4.74 Å². The zero-order valence-electron chi connectivity index (χ0n) is 15.9. The summed E-state index contributed by atoms with van der Waals surface area (Å²) in [7, 11) is 1.52. The van der Waals surface area contributed by atoms with Gasteiger partial charge in [-0.25, -0.2) is 9.38 Å². The number of guanidine groups is 1. The first-order chi connectivity index (χ1) is 12.5. The highest BCUT2D eigenvalue weighted by molar-refractivity contribution is 14.0. The van der Waals surface area contributed by atoms with Gasteiger partial charge in [-0.05, 0) is 61.2 Å². The van der Waals surface area contributed by atoms with Crippen molar-refractivity contribution in [1.29, 1.82) is 0 Å². The van der Waals surface area contributed by atoms with E-state index < -0.39 is 0 Å². The van der Waals surface area contributed by atoms with Crippen molar-refractivity contribution in [3.8, 4) is 11.5 Å². The zero-order chi connectivity index (χ0) is 18.9. The van der Waals surface area contributed by atoms with E-state index >= 15 is 0 Å². The fraction of sp³-hybridized carbons (Fsp3) is 0.350. The minimum Gasteiger partial charge on any atom is -0.504 e. The van der Waals surface area contributed by atoms with Crippen LogP contribution in [0.15, 0.2) is 41.4 Å². The first kappa shape index (κ1) is 23.0. The van der Waals surface area contributed by atoms with Crippen molar-refractivity contribution in [1.82, 2.24) is 10.6 Å². The number of aryl methyl sites for hydroxylation is 1. The second-order valence-corrected chi connectivity index (χ2v) is 5.95. The minimum atomic E-state index is -0.211. The third-order valence-electron chi connectivity index (χ3n) is 4.00. The predicted molar refractivity (Wildman–Crippen MR) is 118 cm³/mol. The molecule has 0 aliphatic carbocycles. The number of rotatable bonds is 7. The van der Waals surface area contributed by atoms with Crippen molar-refractivity contribution in [2.24, 2.45) is 4.99 Å². The first-order valence-electron chi connectivity index (χ1n) is 8.66. The second-order valence-electron chi connectivity index (χ2n) is 5.95. The molecule has 2 aromatic rings. The summed E-state index contributed by atoms with van der Waals surface area (Å²) in [5.41, 5.74) is 2.94. The number of hydrogen-bond donors (Lipinski definition) is 3. The van der Waals surface area contributed by atoms with Crippen molar-refractivity contribution in [2.45, 2.75) is 26.8 Å². The summed E-state index contributed by atoms with van der Waals surface area (Å²) in [4.78, 5) is 4.53. The smallest absolute Gasteiger partial charge is 0.191 e. The summed E-state index contributed by atoms with van der Waals surface area (Å²) in [6.45, 7) is 5.78. The first-order valence-corrected chi connectivity index (χ1v) is 8.66. The van der Waals surface area contributed by atoms with E-state index in [1.54, 1.807) is 18.2 Å². The lowest BCUT2D eigenvalue weighted by molar-refractivity contribution is 0.373. The maximum atomic E-state index is 13.2. The summed E-state index contributed by atoms with van der Waals surface area (Å²) in [6, 6.07) is 10.1. The topological polar surface area (TPSA) is 65.9 Å². The molecule has 2 rings (SSSR count). The number of aliphatic imine (C=N–C) groups is 1. The standard InChI is InChI=1S/C20H26FN3O2.HI/c1-4-22-20(23-10-9-16-6-7-17(21)11-14(16)2)24-13-15-5-8-19(26-3)18(25)12-15;/h5-8,11-12,25H,4,9-10,13H2,1-3H3,(H2,22,23,24);1H. The van der Waals surface area contributed by atoms with E-state index in [0.29, 0.717) is 24.8 Å². The third-order valence-corrected chi connectivity index (χ3v) is 4.00. The maximum Gasteiger partial charge on any atom is 0.191 e. The maximum absolute atomic E-state index is 13.2. The summed E-state index contributed by atoms with van der Waals surface area (Å²) in [6.07, 6.45) is 0.778. The van der Waals surface area contributed by atoms with Crippen LogP contribution in [-0.2, 0) is 13.0 Å². The van der Waals surface area contributed by atoms with Crippen LogP contribution in [0.1, 0.15) is 23.6 Å². The molecule has 0 spiro atoms. The molecule has 0 saturated carbocycles. The van der Waals surface area contributed by atoms with Gasteiger partial charge in [-0.1, -0.05) is 12.1 Å². The molecule has 0 amide bonds. The van der Waals surface area contributed by atoms with Crippen LogP contribution in [0.2, 0.25) is 0 Å². The van der Waals surface area contributed by atoms with Crippen LogP contribution in [-0.4, -0.2) is 31.3 Å². The summed E-state index contributed by atoms with van der Waals surface area (Å²) >= 11 is 0. The minimum absolute atomic E-state index is 0. The Labute approximate surface area is 177 Å². The van der Waals surface area contributed by atoms with Crippen LogP contribution >= 0.6 is 24.0 Å². The van der Waals surface area contributed by atoms with E-state index in [1.165, 1.54) is 13.2 Å². The molecule has 7 heteroatoms. The molecule has 148 valence electrons. The lowest BCUT2D eigenvalue weighted by Gasteiger charge is -2.12. The summed E-state index contributed by atoms with van der Waals surface area (Å²) in [5, 5.41) is 16.3. The molecule has 0 radical (unpaired) electrons. The number of halogens is 2. The van der Waals surface area contributed by atoms with E-state index in [0.717, 1.165) is 29.7 Å². The third kappa shape index (κ3) is 7.24. The molecule has 5 nitrogen and oxygen atoms in total. The fourth-order valence-corrected chi connectivity index (χ4v) is 2.60. The molecular formula is C20H27FIN3O2. The molecule has 0 aromatic heterocycles. The molecular weight excluding hydrogens is 460 g/mol. The average Bonchev–Trinajstić information content (AvgIpc) is 2.61. The van der Waals surface area contributed by atoms with Crippen molar-refractivity contribution in [2.75, 3.05) is 20.2 Å². The molecule has 0 bridgehead atoms. The number of methoxy groups -OCH3 is 1. The molecule has 0 aliphatic heterocycles. The number of ether oxygens (including phenoxy) is 1. The van der Waals surface area contributed by atoms with Crippen LogP contribution in [0.5, 0.6) is 11.5 Å². The monoisotopic (exact) mass is 487 g/mol. The molecule has 0 unspecified atom stereocenters. The van der Waals surface area contributed by atoms with Crippen molar-refractivity contribution in [3.05, 3.63) is 58.9 Å². The number of phenols is 1. The largest absolute Gasteiger partial charge is 0.504 e. The van der Waals surface area contributed by atoms with Gasteiger partial charge in [0.15, 0.2) is 17.5 Å². The van der Waals surface area contributed by atoms with E-state index in [2.05, 4.69) is 15.6 Å². The average molecular weight is 487 g/mol. The van der Waals surface area contributed by atoms with Crippen molar-refractivity contribution in [3.63, 3.8) is 0 Å². The van der Waals surface area contributed by atoms with E-state index in [1.807, 2.05) is 26.0 Å². The summed E-state index contributed by atoms with van der Waals surface area (Å²) < 4.78 is 18.2. The van der Waals surface area contributed by atoms with Gasteiger partial charge >= 0.3 is 0 Å². The normalized spacial score (nSPS) is 10.9. The van der Waals surface area contributed by atoms with Gasteiger partial charge in [-0.2, -0.15) is 0 Å². The molecule has 2 aromatic carbocycles. The number of phenolic OH excluding ortho intramolecular Hbond substituents is 1. The van der Waals surface area contributed by atoms with Crippen molar-refractivity contribution >= 4 is 29.9 Å². The Balaban J connectivity index is 0.00000364. The highest BCUT2D eigenvalue weighted by Crippen LogP contribution is 2.26. The van der Waals surface area contributed by atoms with Gasteiger partial charge in [-0.15, -0.1) is 24.0 Å². The molecule has 0 heterocycles. The molecule has 0 atom stereocenters. The SMILES string of the molecule is CCNC(=NCc1ccc(OC)c(O)c1)NCCc1ccc(F)cc1C.I. The van der Waals surface area contributed by atoms with Gasteiger partial charge in [0.2, 0.25) is 0 Å². The number of benzene rings is 2. The number of aromatic hydroxyl groups is 1. The molecule has 0 saturated heterocycles. The Bertz CT molecular complexity index is 769. The van der Waals surface area contributed by atoms with Crippen LogP contribution in [0, 0.1) is 12.7 Å². The quantitative estimate of drug-likeness (QED) is 0.316. The van der Waals surface area contributed by atoms with Crippen LogP contribution in [0.3, 0.4) is 0 Å². The van der Waals surface area contributed by atoms with Gasteiger partial charge in [-0.3, -0.25) is 0 Å². The highest BCUT2D eigenvalue weighted by Gasteiger charge is 2.04. The molecule has 3 N–H and O–H groups in total. The van der Waals surface area contributed by atoms with Gasteiger partial charge in [0.05, 0.1) is 13.7 Å². The van der Waals surface area contributed by atoms with E-state index in [9.17, 15) is 9.50 Å². The van der Waals surface area contributed by atoms with Gasteiger partial charge < -0.3 is 20.5 Å². The predicted octanol–water partition coefficient (Wildman–Crippen LogP) is 3.76. The highest BCUT2D eigenvalue weighted by atomic mass is 127. The lowest BCUT2D eigenvalue weighted by atomic mass is 10.1. The summed E-state index contributed by atoms with van der Waals surface area (Å²) in [5.74, 6) is 1.03. The molecule has 0 fully saturated rings. The number of nitrogens with one attached hydrogen (secondary N) is 2. The second kappa shape index (κ2) is 11.6. The Morgan fingerprint density at radius 3 is 2.59 bits per heavy atom. The molecule has 0 aliphatic rings. The Kier molecular flexibility index (Phi) is 9.92. The van der Waals surface area contributed by atoms with E-state index in [-0.39, 0.29) is 35.5 Å². The van der Waals surface area contributed by atoms with Gasteiger partial charge in [0.25, 0.3) is 0 Å². The van der Waals surface area contributed by atoms with Gasteiger partial charge in [0, 0.05) is 13.1 Å². The zero-order valence-corrected chi connectivity index (χ0v) is 18.2. The van der Waals surface area contributed by atoms with Crippen LogP contribution < -0.4 is 15.4 Å². The fourth-order valence-electron chi connectivity index (χ4n) is 2.60.